The van der Waals surface area contributed by atoms with Crippen LogP contribution < -0.4 is 5.32 Å². The number of nitrogens with one attached hydrogen (secondary N) is 2. The largest absolute Gasteiger partial charge is 0.464 e. The van der Waals surface area contributed by atoms with Gasteiger partial charge >= 0.3 is 0 Å². The number of rotatable bonds is 5. The number of aryl methyl sites for hydroxylation is 1. The van der Waals surface area contributed by atoms with Crippen LogP contribution in [0, 0.1) is 6.92 Å². The number of aromatic amines is 1. The molecule has 1 fully saturated rings. The van der Waals surface area contributed by atoms with Crippen molar-refractivity contribution in [2.75, 3.05) is 19.8 Å². The molecule has 3 N–H and O–H groups in total. The fourth-order valence-corrected chi connectivity index (χ4v) is 2.57. The van der Waals surface area contributed by atoms with Gasteiger partial charge in [0.15, 0.2) is 0 Å². The molecular formula is C15H19N3O4. The van der Waals surface area contributed by atoms with Crippen molar-refractivity contribution >= 4 is 5.91 Å². The Morgan fingerprint density at radius 2 is 2.45 bits per heavy atom. The number of furan rings is 1. The van der Waals surface area contributed by atoms with Crippen LogP contribution in [-0.4, -0.2) is 41.0 Å². The van der Waals surface area contributed by atoms with Crippen LogP contribution in [0.3, 0.4) is 0 Å². The summed E-state index contributed by atoms with van der Waals surface area (Å²) in [6.07, 6.45) is 1.51. The van der Waals surface area contributed by atoms with Crippen LogP contribution in [0.15, 0.2) is 22.7 Å². The number of aromatic nitrogens is 2. The smallest absolute Gasteiger partial charge is 0.254 e. The van der Waals surface area contributed by atoms with E-state index in [0.29, 0.717) is 24.5 Å². The minimum absolute atomic E-state index is 0.0809. The lowest BCUT2D eigenvalue weighted by atomic mass is 10.0. The lowest BCUT2D eigenvalue weighted by Gasteiger charge is -2.11. The van der Waals surface area contributed by atoms with Crippen molar-refractivity contribution in [2.24, 2.45) is 0 Å². The van der Waals surface area contributed by atoms with E-state index in [4.69, 9.17) is 9.15 Å². The van der Waals surface area contributed by atoms with Crippen LogP contribution in [0.4, 0.5) is 0 Å². The summed E-state index contributed by atoms with van der Waals surface area (Å²) in [5.74, 6) is 1.06. The summed E-state index contributed by atoms with van der Waals surface area (Å²) in [7, 11) is 0. The molecule has 1 saturated heterocycles. The van der Waals surface area contributed by atoms with Gasteiger partial charge in [0, 0.05) is 12.5 Å². The second kappa shape index (κ2) is 6.33. The third-order valence-electron chi connectivity index (χ3n) is 3.80. The van der Waals surface area contributed by atoms with Crippen LogP contribution in [0.5, 0.6) is 0 Å². The van der Waals surface area contributed by atoms with E-state index >= 15 is 0 Å². The number of amides is 1. The molecule has 118 valence electrons. The summed E-state index contributed by atoms with van der Waals surface area (Å²) in [6, 6.07) is 3.47. The molecule has 0 unspecified atom stereocenters. The van der Waals surface area contributed by atoms with E-state index in [1.807, 2.05) is 0 Å². The number of nitrogens with zero attached hydrogens (tertiary/aromatic N) is 1. The second-order valence-electron chi connectivity index (χ2n) is 5.43. The van der Waals surface area contributed by atoms with E-state index in [1.165, 1.54) is 6.20 Å². The maximum Gasteiger partial charge on any atom is 0.254 e. The molecule has 7 heteroatoms. The Balaban J connectivity index is 1.61. The molecule has 1 aliphatic heterocycles. The third kappa shape index (κ3) is 3.05. The van der Waals surface area contributed by atoms with E-state index in [1.54, 1.807) is 19.1 Å². The Morgan fingerprint density at radius 3 is 3.14 bits per heavy atom. The minimum atomic E-state index is -0.872. The molecule has 3 heterocycles. The van der Waals surface area contributed by atoms with Gasteiger partial charge in [0.25, 0.3) is 5.91 Å². The zero-order chi connectivity index (χ0) is 15.5. The molecule has 22 heavy (non-hydrogen) atoms. The molecule has 0 radical (unpaired) electrons. The Bertz CT molecular complexity index is 643. The van der Waals surface area contributed by atoms with Gasteiger partial charge in [-0.25, -0.2) is 0 Å². The van der Waals surface area contributed by atoms with Crippen LogP contribution in [0.25, 0.3) is 0 Å². The lowest BCUT2D eigenvalue weighted by molar-refractivity contribution is 0.0899. The number of aliphatic hydroxyl groups is 1. The monoisotopic (exact) mass is 305 g/mol. The molecule has 1 amide bonds. The maximum absolute atomic E-state index is 12.3. The third-order valence-corrected chi connectivity index (χ3v) is 3.80. The van der Waals surface area contributed by atoms with Crippen molar-refractivity contribution in [1.82, 2.24) is 15.5 Å². The van der Waals surface area contributed by atoms with Crippen LogP contribution in [0.1, 0.15) is 46.0 Å². The zero-order valence-corrected chi connectivity index (χ0v) is 12.3. The van der Waals surface area contributed by atoms with Crippen molar-refractivity contribution in [3.63, 3.8) is 0 Å². The molecule has 0 spiro atoms. The Labute approximate surface area is 127 Å². The zero-order valence-electron chi connectivity index (χ0n) is 12.3. The van der Waals surface area contributed by atoms with Gasteiger partial charge in [-0.1, -0.05) is 0 Å². The van der Waals surface area contributed by atoms with E-state index in [-0.39, 0.29) is 18.4 Å². The van der Waals surface area contributed by atoms with Gasteiger partial charge in [-0.3, -0.25) is 9.89 Å². The predicted octanol–water partition coefficient (Wildman–Crippen LogP) is 1.28. The molecule has 1 aliphatic rings. The van der Waals surface area contributed by atoms with Gasteiger partial charge in [0.05, 0.1) is 30.6 Å². The first-order valence-electron chi connectivity index (χ1n) is 7.28. The first-order chi connectivity index (χ1) is 10.6. The molecular weight excluding hydrogens is 286 g/mol. The number of carbonyl (C=O) groups excluding carboxylic acids is 1. The van der Waals surface area contributed by atoms with Crippen molar-refractivity contribution in [3.8, 4) is 0 Å². The summed E-state index contributed by atoms with van der Waals surface area (Å²) in [6.45, 7) is 3.17. The van der Waals surface area contributed by atoms with Crippen LogP contribution >= 0.6 is 0 Å². The van der Waals surface area contributed by atoms with Crippen molar-refractivity contribution in [2.45, 2.75) is 25.4 Å². The van der Waals surface area contributed by atoms with Gasteiger partial charge in [-0.2, -0.15) is 5.10 Å². The van der Waals surface area contributed by atoms with E-state index in [2.05, 4.69) is 15.5 Å². The molecule has 2 aromatic heterocycles. The number of hydrogen-bond donors (Lipinski definition) is 3. The van der Waals surface area contributed by atoms with Gasteiger partial charge < -0.3 is 19.6 Å². The maximum atomic E-state index is 12.3. The molecule has 0 aliphatic carbocycles. The Hall–Kier alpha value is -2.12. The highest BCUT2D eigenvalue weighted by Crippen LogP contribution is 2.26. The summed E-state index contributed by atoms with van der Waals surface area (Å²) in [4.78, 5) is 12.3. The highest BCUT2D eigenvalue weighted by Gasteiger charge is 2.25. The van der Waals surface area contributed by atoms with Crippen molar-refractivity contribution in [3.05, 3.63) is 41.1 Å². The topological polar surface area (TPSA) is 100 Å². The van der Waals surface area contributed by atoms with Crippen LogP contribution in [-0.2, 0) is 4.74 Å². The van der Waals surface area contributed by atoms with Crippen molar-refractivity contribution < 1.29 is 19.1 Å². The highest BCUT2D eigenvalue weighted by molar-refractivity contribution is 5.95. The standard InChI is InChI=1S/C15H19N3O4/c1-9-2-3-13(22-9)12(19)7-16-15(20)11-6-17-18-14(11)10-4-5-21-8-10/h2-3,6,10,12,19H,4-5,7-8H2,1H3,(H,16,20)(H,17,18)/t10-,12-/m0/s1. The fourth-order valence-electron chi connectivity index (χ4n) is 2.57. The average molecular weight is 305 g/mol. The average Bonchev–Trinajstić information content (AvgIpc) is 3.23. The molecule has 2 atom stereocenters. The molecule has 0 aromatic carbocycles. The van der Waals surface area contributed by atoms with Gasteiger partial charge in [-0.05, 0) is 25.5 Å². The number of hydrogen-bond acceptors (Lipinski definition) is 5. The molecule has 7 nitrogen and oxygen atoms in total. The van der Waals surface area contributed by atoms with E-state index in [0.717, 1.165) is 17.9 Å². The lowest BCUT2D eigenvalue weighted by Crippen LogP contribution is -2.29. The Morgan fingerprint density at radius 1 is 1.59 bits per heavy atom. The van der Waals surface area contributed by atoms with E-state index < -0.39 is 6.10 Å². The predicted molar refractivity (Wildman–Crippen MR) is 77.5 cm³/mol. The van der Waals surface area contributed by atoms with Gasteiger partial charge in [0.1, 0.15) is 17.6 Å². The van der Waals surface area contributed by atoms with Gasteiger partial charge in [-0.15, -0.1) is 0 Å². The number of ether oxygens (including phenoxy) is 1. The normalized spacial score (nSPS) is 19.3. The molecule has 3 rings (SSSR count). The summed E-state index contributed by atoms with van der Waals surface area (Å²) < 4.78 is 10.7. The summed E-state index contributed by atoms with van der Waals surface area (Å²) in [5, 5.41) is 19.5. The highest BCUT2D eigenvalue weighted by atomic mass is 16.5. The van der Waals surface area contributed by atoms with Gasteiger partial charge in [0.2, 0.25) is 0 Å². The molecule has 0 saturated carbocycles. The quantitative estimate of drug-likeness (QED) is 0.772. The Kier molecular flexibility index (Phi) is 4.26. The number of aliphatic hydroxyl groups excluding tert-OH is 1. The molecule has 2 aromatic rings. The second-order valence-corrected chi connectivity index (χ2v) is 5.43. The first-order valence-corrected chi connectivity index (χ1v) is 7.28. The number of carbonyl (C=O) groups is 1. The summed E-state index contributed by atoms with van der Waals surface area (Å²) >= 11 is 0. The fraction of sp³-hybridized carbons (Fsp3) is 0.467. The minimum Gasteiger partial charge on any atom is -0.464 e. The number of H-pyrrole nitrogens is 1. The van der Waals surface area contributed by atoms with Crippen molar-refractivity contribution in [1.29, 1.82) is 0 Å². The summed E-state index contributed by atoms with van der Waals surface area (Å²) in [5.41, 5.74) is 1.29. The van der Waals surface area contributed by atoms with Crippen LogP contribution in [0.2, 0.25) is 0 Å². The molecule has 0 bridgehead atoms. The van der Waals surface area contributed by atoms with E-state index in [9.17, 15) is 9.90 Å². The SMILES string of the molecule is Cc1ccc([C@@H](O)CNC(=O)c2cn[nH]c2[C@H]2CCOC2)o1. The first kappa shape index (κ1) is 14.8.